The van der Waals surface area contributed by atoms with Crippen LogP contribution in [0.4, 0.5) is 11.4 Å². The Bertz CT molecular complexity index is 1860. The van der Waals surface area contributed by atoms with Crippen LogP contribution in [0.15, 0.2) is 109 Å². The fourth-order valence-electron chi connectivity index (χ4n) is 9.06. The van der Waals surface area contributed by atoms with Crippen molar-refractivity contribution in [3.05, 3.63) is 121 Å². The van der Waals surface area contributed by atoms with Gasteiger partial charge in [0.2, 0.25) is 5.69 Å². The molecule has 230 valence electrons. The summed E-state index contributed by atoms with van der Waals surface area (Å²) in [5, 5.41) is 5.36. The first-order valence-electron chi connectivity index (χ1n) is 17.3. The SMILES string of the molecule is C=CCC1(C)/C(=C\C=C\C2=[N+](C)c3ccc4ccccc4c3C2(C)C)N(CCCCC2CCCC2)c2ccc3ccccc3c21. The molecule has 7 rings (SSSR count). The van der Waals surface area contributed by atoms with E-state index in [0.29, 0.717) is 0 Å². The maximum atomic E-state index is 4.25. The van der Waals surface area contributed by atoms with Gasteiger partial charge in [-0.05, 0) is 84.8 Å². The number of hydrogen-bond acceptors (Lipinski definition) is 1. The molecule has 0 amide bonds. The highest BCUT2D eigenvalue weighted by atomic mass is 15.2. The second-order valence-electron chi connectivity index (χ2n) is 14.5. The van der Waals surface area contributed by atoms with Crippen molar-refractivity contribution in [2.24, 2.45) is 5.92 Å². The van der Waals surface area contributed by atoms with Crippen molar-refractivity contribution in [1.29, 1.82) is 0 Å². The summed E-state index contributed by atoms with van der Waals surface area (Å²) in [4.78, 5) is 2.65. The molecule has 4 aromatic rings. The molecule has 1 fully saturated rings. The summed E-state index contributed by atoms with van der Waals surface area (Å²) >= 11 is 0. The number of benzene rings is 4. The fourth-order valence-corrected chi connectivity index (χ4v) is 9.06. The molecule has 2 nitrogen and oxygen atoms in total. The van der Waals surface area contributed by atoms with Gasteiger partial charge in [0.25, 0.3) is 0 Å². The molecule has 1 unspecified atom stereocenters. The van der Waals surface area contributed by atoms with Gasteiger partial charge in [-0.25, -0.2) is 0 Å². The van der Waals surface area contributed by atoms with E-state index in [0.717, 1.165) is 18.9 Å². The Morgan fingerprint density at radius 2 is 1.51 bits per heavy atom. The zero-order chi connectivity index (χ0) is 31.2. The first-order valence-corrected chi connectivity index (χ1v) is 17.3. The molecule has 0 N–H and O–H groups in total. The molecule has 0 saturated heterocycles. The average Bonchev–Trinajstić information content (AvgIpc) is 3.70. The van der Waals surface area contributed by atoms with E-state index in [2.05, 4.69) is 141 Å². The first-order chi connectivity index (χ1) is 21.8. The number of anilines is 1. The lowest BCUT2D eigenvalue weighted by molar-refractivity contribution is -0.401. The number of unbranched alkanes of at least 4 members (excludes halogenated alkanes) is 1. The normalized spacial score (nSPS) is 22.0. The summed E-state index contributed by atoms with van der Waals surface area (Å²) in [5.41, 5.74) is 8.06. The molecule has 0 bridgehead atoms. The van der Waals surface area contributed by atoms with Gasteiger partial charge in [-0.2, -0.15) is 4.58 Å². The summed E-state index contributed by atoms with van der Waals surface area (Å²) in [6.45, 7) is 12.5. The van der Waals surface area contributed by atoms with Gasteiger partial charge in [0.1, 0.15) is 7.05 Å². The van der Waals surface area contributed by atoms with E-state index < -0.39 is 0 Å². The minimum atomic E-state index is -0.144. The van der Waals surface area contributed by atoms with E-state index in [4.69, 9.17) is 0 Å². The number of hydrogen-bond donors (Lipinski definition) is 0. The summed E-state index contributed by atoms with van der Waals surface area (Å²) in [6.07, 6.45) is 19.8. The molecule has 2 aliphatic heterocycles. The fraction of sp³-hybridized carbons (Fsp3) is 0.372. The lowest BCUT2D eigenvalue weighted by atomic mass is 9.76. The number of fused-ring (bicyclic) bond motifs is 6. The van der Waals surface area contributed by atoms with Gasteiger partial charge in [0.05, 0.1) is 5.41 Å². The highest BCUT2D eigenvalue weighted by molar-refractivity contribution is 6.07. The molecule has 1 saturated carbocycles. The van der Waals surface area contributed by atoms with Crippen LogP contribution in [0.3, 0.4) is 0 Å². The lowest BCUT2D eigenvalue weighted by Gasteiger charge is -2.30. The third kappa shape index (κ3) is 4.98. The van der Waals surface area contributed by atoms with Crippen molar-refractivity contribution in [2.75, 3.05) is 18.5 Å². The molecular weight excluding hydrogens is 544 g/mol. The first kappa shape index (κ1) is 29.8. The van der Waals surface area contributed by atoms with Crippen molar-refractivity contribution in [3.8, 4) is 0 Å². The number of nitrogens with zero attached hydrogens (tertiary/aromatic N) is 2. The van der Waals surface area contributed by atoms with Gasteiger partial charge in [0, 0.05) is 41.1 Å². The van der Waals surface area contributed by atoms with Crippen LogP contribution in [0.2, 0.25) is 0 Å². The standard InChI is InChI=1S/C43H49N2/c1-6-29-43(4)39(24-15-23-38-42(2,3)40-34-21-11-9-19-32(34)25-27-36(40)44(38)5)45(30-14-13-18-31-16-7-8-17-31)37-28-26-33-20-10-12-22-35(33)41(37)43/h6,9-12,15,19-28,31H,1,7-8,13-14,16-18,29-30H2,2-5H3/q+1. The van der Waals surface area contributed by atoms with Crippen LogP contribution in [-0.2, 0) is 10.8 Å². The second-order valence-corrected chi connectivity index (χ2v) is 14.5. The van der Waals surface area contributed by atoms with Crippen molar-refractivity contribution >= 4 is 38.6 Å². The third-order valence-electron chi connectivity index (χ3n) is 11.3. The van der Waals surface area contributed by atoms with E-state index in [-0.39, 0.29) is 10.8 Å². The Kier molecular flexibility index (Phi) is 7.80. The highest BCUT2D eigenvalue weighted by Gasteiger charge is 2.45. The second kappa shape index (κ2) is 11.8. The van der Waals surface area contributed by atoms with E-state index in [1.807, 2.05) is 0 Å². The van der Waals surface area contributed by atoms with E-state index in [1.54, 1.807) is 0 Å². The largest absolute Gasteiger partial charge is 0.344 e. The number of allylic oxidation sites excluding steroid dienone is 5. The Morgan fingerprint density at radius 1 is 0.844 bits per heavy atom. The summed E-state index contributed by atoms with van der Waals surface area (Å²) in [5.74, 6) is 0.953. The van der Waals surface area contributed by atoms with E-state index >= 15 is 0 Å². The molecule has 2 heterocycles. The van der Waals surface area contributed by atoms with Gasteiger partial charge in [0.15, 0.2) is 5.71 Å². The van der Waals surface area contributed by atoms with Crippen molar-refractivity contribution in [2.45, 2.75) is 83.0 Å². The summed E-state index contributed by atoms with van der Waals surface area (Å²) in [7, 11) is 2.23. The van der Waals surface area contributed by atoms with E-state index in [9.17, 15) is 0 Å². The maximum Gasteiger partial charge on any atom is 0.210 e. The third-order valence-corrected chi connectivity index (χ3v) is 11.3. The predicted octanol–water partition coefficient (Wildman–Crippen LogP) is 11.2. The van der Waals surface area contributed by atoms with Crippen LogP contribution in [0.1, 0.15) is 83.3 Å². The summed E-state index contributed by atoms with van der Waals surface area (Å²) < 4.78 is 2.40. The van der Waals surface area contributed by atoms with Crippen LogP contribution >= 0.6 is 0 Å². The summed E-state index contributed by atoms with van der Waals surface area (Å²) in [6, 6.07) is 27.0. The Morgan fingerprint density at radius 3 is 2.22 bits per heavy atom. The van der Waals surface area contributed by atoms with Crippen LogP contribution < -0.4 is 4.90 Å². The van der Waals surface area contributed by atoms with Crippen molar-refractivity contribution < 1.29 is 4.58 Å². The van der Waals surface area contributed by atoms with E-state index in [1.165, 1.54) is 100 Å². The molecule has 2 heteroatoms. The van der Waals surface area contributed by atoms with Gasteiger partial charge < -0.3 is 4.90 Å². The highest BCUT2D eigenvalue weighted by Crippen LogP contribution is 2.53. The smallest absolute Gasteiger partial charge is 0.210 e. The topological polar surface area (TPSA) is 6.25 Å². The molecule has 1 atom stereocenters. The Labute approximate surface area is 270 Å². The molecule has 0 aromatic heterocycles. The molecular formula is C43H49N2+. The molecule has 3 aliphatic rings. The maximum absolute atomic E-state index is 4.25. The number of rotatable bonds is 9. The van der Waals surface area contributed by atoms with Crippen LogP contribution in [-0.4, -0.2) is 23.9 Å². The molecule has 4 aromatic carbocycles. The molecule has 1 aliphatic carbocycles. The molecule has 0 spiro atoms. The monoisotopic (exact) mass is 593 g/mol. The van der Waals surface area contributed by atoms with Crippen LogP contribution in [0, 0.1) is 5.92 Å². The lowest BCUT2D eigenvalue weighted by Crippen LogP contribution is -2.29. The minimum absolute atomic E-state index is 0.0981. The van der Waals surface area contributed by atoms with Gasteiger partial charge >= 0.3 is 0 Å². The van der Waals surface area contributed by atoms with Gasteiger partial charge in [-0.1, -0.05) is 105 Å². The molecule has 45 heavy (non-hydrogen) atoms. The zero-order valence-corrected chi connectivity index (χ0v) is 27.8. The zero-order valence-electron chi connectivity index (χ0n) is 27.8. The van der Waals surface area contributed by atoms with Crippen LogP contribution in [0.25, 0.3) is 21.5 Å². The average molecular weight is 594 g/mol. The Balaban J connectivity index is 1.27. The predicted molar refractivity (Wildman–Crippen MR) is 194 cm³/mol. The molecule has 0 radical (unpaired) electrons. The van der Waals surface area contributed by atoms with Crippen molar-refractivity contribution in [3.63, 3.8) is 0 Å². The quantitative estimate of drug-likeness (QED) is 0.106. The minimum Gasteiger partial charge on any atom is -0.344 e. The van der Waals surface area contributed by atoms with Gasteiger partial charge in [-0.3, -0.25) is 0 Å². The van der Waals surface area contributed by atoms with Crippen molar-refractivity contribution in [1.82, 2.24) is 0 Å². The Hall–Kier alpha value is -3.91. The van der Waals surface area contributed by atoms with Crippen LogP contribution in [0.5, 0.6) is 0 Å². The van der Waals surface area contributed by atoms with Gasteiger partial charge in [-0.15, -0.1) is 6.58 Å².